The number of hydrogen-bond donors (Lipinski definition) is 1. The van der Waals surface area contributed by atoms with E-state index in [1.54, 1.807) is 4.52 Å². The zero-order valence-corrected chi connectivity index (χ0v) is 21.2. The lowest BCUT2D eigenvalue weighted by Gasteiger charge is -2.13. The van der Waals surface area contributed by atoms with E-state index in [2.05, 4.69) is 41.0 Å². The summed E-state index contributed by atoms with van der Waals surface area (Å²) in [5.74, 6) is 0.830. The van der Waals surface area contributed by atoms with E-state index in [0.717, 1.165) is 45.4 Å². The highest BCUT2D eigenvalue weighted by molar-refractivity contribution is 14.1. The van der Waals surface area contributed by atoms with E-state index in [9.17, 15) is 0 Å². The largest absolute Gasteiger partial charge is 0.339 e. The molecule has 0 saturated carbocycles. The summed E-state index contributed by atoms with van der Waals surface area (Å²) in [4.78, 5) is 17.4. The van der Waals surface area contributed by atoms with Gasteiger partial charge in [0.05, 0.1) is 33.7 Å². The first kappa shape index (κ1) is 22.3. The number of H-pyrrole nitrogens is 1. The molecule has 0 radical (unpaired) electrons. The highest BCUT2D eigenvalue weighted by atomic mass is 127. The van der Waals surface area contributed by atoms with Gasteiger partial charge in [-0.1, -0.05) is 35.3 Å². The zero-order chi connectivity index (χ0) is 22.9. The molecule has 33 heavy (non-hydrogen) atoms. The molecule has 1 N–H and O–H groups in total. The fraction of sp³-hybridized carbons (Fsp3) is 0.130. The molecule has 5 rings (SSSR count). The standard InChI is InChI=1S/C23H18Cl2IN7/c1-14-3-2-4-19(29-14)23-22(16-6-8-21-27-13-28-33(21)11-16)30-20(31-23)12-32(26)10-15-5-7-17(24)18(25)9-15/h2-9,11,13H,10,12H2,1H3,(H,30,31). The number of halogens is 3. The SMILES string of the molecule is Cc1cccc(-c2[nH]c(CN(I)Cc3ccc(Cl)c(Cl)c3)nc2-c2ccc3ncnn3c2)n1. The molecule has 0 atom stereocenters. The number of rotatable bonds is 6. The Labute approximate surface area is 214 Å². The molecule has 7 nitrogen and oxygen atoms in total. The average molecular weight is 590 g/mol. The Balaban J connectivity index is 1.49. The minimum absolute atomic E-state index is 0.551. The van der Waals surface area contributed by atoms with Crippen molar-refractivity contribution in [1.29, 1.82) is 0 Å². The lowest BCUT2D eigenvalue weighted by atomic mass is 10.1. The Bertz CT molecular complexity index is 1450. The summed E-state index contributed by atoms with van der Waals surface area (Å²) >= 11 is 14.5. The molecule has 166 valence electrons. The van der Waals surface area contributed by atoms with Gasteiger partial charge in [0.25, 0.3) is 0 Å². The highest BCUT2D eigenvalue weighted by Crippen LogP contribution is 2.30. The maximum absolute atomic E-state index is 6.17. The van der Waals surface area contributed by atoms with Crippen molar-refractivity contribution in [3.05, 3.63) is 88.2 Å². The molecular formula is C23H18Cl2IN7. The first-order valence-electron chi connectivity index (χ1n) is 10.1. The second kappa shape index (κ2) is 9.38. The van der Waals surface area contributed by atoms with Crippen LogP contribution >= 0.6 is 46.1 Å². The molecule has 0 saturated heterocycles. The van der Waals surface area contributed by atoms with Gasteiger partial charge in [-0.3, -0.25) is 4.98 Å². The molecule has 5 aromatic rings. The predicted octanol–water partition coefficient (Wildman–Crippen LogP) is 6.15. The number of aromatic amines is 1. The van der Waals surface area contributed by atoms with Crippen LogP contribution in [0.15, 0.2) is 61.1 Å². The van der Waals surface area contributed by atoms with Crippen LogP contribution in [0.1, 0.15) is 17.1 Å². The molecule has 0 fully saturated rings. The molecule has 0 aliphatic rings. The summed E-state index contributed by atoms with van der Waals surface area (Å²) in [5, 5.41) is 5.36. The van der Waals surface area contributed by atoms with Crippen molar-refractivity contribution in [3.63, 3.8) is 0 Å². The first-order chi connectivity index (χ1) is 16.0. The minimum Gasteiger partial charge on any atom is -0.339 e. The zero-order valence-electron chi connectivity index (χ0n) is 17.5. The molecule has 0 aliphatic heterocycles. The second-order valence-electron chi connectivity index (χ2n) is 7.58. The molecule has 4 aromatic heterocycles. The molecule has 0 spiro atoms. The number of hydrogen-bond acceptors (Lipinski definition) is 5. The summed E-state index contributed by atoms with van der Waals surface area (Å²) in [6.07, 6.45) is 3.47. The summed E-state index contributed by atoms with van der Waals surface area (Å²) in [5.41, 5.74) is 6.25. The van der Waals surface area contributed by atoms with Crippen molar-refractivity contribution in [3.8, 4) is 22.6 Å². The van der Waals surface area contributed by atoms with E-state index in [1.807, 2.05) is 61.7 Å². The van der Waals surface area contributed by atoms with Crippen molar-refractivity contribution in [2.75, 3.05) is 0 Å². The average Bonchev–Trinajstić information content (AvgIpc) is 3.42. The molecule has 0 aliphatic carbocycles. The monoisotopic (exact) mass is 589 g/mol. The van der Waals surface area contributed by atoms with E-state index in [1.165, 1.54) is 6.33 Å². The molecule has 0 amide bonds. The number of nitrogens with zero attached hydrogens (tertiary/aromatic N) is 6. The number of pyridine rings is 2. The fourth-order valence-corrected chi connectivity index (χ4v) is 4.62. The fourth-order valence-electron chi connectivity index (χ4n) is 3.59. The van der Waals surface area contributed by atoms with Crippen LogP contribution in [-0.2, 0) is 13.1 Å². The van der Waals surface area contributed by atoms with Gasteiger partial charge in [0.15, 0.2) is 5.65 Å². The predicted molar refractivity (Wildman–Crippen MR) is 138 cm³/mol. The number of nitrogens with one attached hydrogen (secondary N) is 1. The Morgan fingerprint density at radius 2 is 1.91 bits per heavy atom. The van der Waals surface area contributed by atoms with Crippen molar-refractivity contribution in [2.45, 2.75) is 20.0 Å². The lowest BCUT2D eigenvalue weighted by Crippen LogP contribution is -2.11. The third kappa shape index (κ3) is 4.89. The summed E-state index contributed by atoms with van der Waals surface area (Å²) in [6, 6.07) is 15.6. The Morgan fingerprint density at radius 1 is 1.03 bits per heavy atom. The third-order valence-corrected chi connectivity index (χ3v) is 6.53. The van der Waals surface area contributed by atoms with E-state index >= 15 is 0 Å². The van der Waals surface area contributed by atoms with Crippen LogP contribution in [0.4, 0.5) is 0 Å². The molecule has 0 unspecified atom stereocenters. The van der Waals surface area contributed by atoms with Crippen LogP contribution in [-0.4, -0.2) is 32.7 Å². The minimum atomic E-state index is 0.551. The molecule has 0 bridgehead atoms. The maximum atomic E-state index is 6.17. The quantitative estimate of drug-likeness (QED) is 0.190. The maximum Gasteiger partial charge on any atom is 0.155 e. The van der Waals surface area contributed by atoms with E-state index in [-0.39, 0.29) is 0 Å². The van der Waals surface area contributed by atoms with Gasteiger partial charge in [-0.05, 0) is 48.9 Å². The summed E-state index contributed by atoms with van der Waals surface area (Å²) in [6.45, 7) is 3.27. The highest BCUT2D eigenvalue weighted by Gasteiger charge is 2.18. The molecular weight excluding hydrogens is 572 g/mol. The molecule has 10 heteroatoms. The van der Waals surface area contributed by atoms with Crippen LogP contribution < -0.4 is 0 Å². The van der Waals surface area contributed by atoms with Crippen LogP contribution in [0.5, 0.6) is 0 Å². The first-order valence-corrected chi connectivity index (χ1v) is 11.9. The van der Waals surface area contributed by atoms with Gasteiger partial charge in [-0.15, -0.1) is 0 Å². The third-order valence-electron chi connectivity index (χ3n) is 5.10. The van der Waals surface area contributed by atoms with Crippen molar-refractivity contribution in [1.82, 2.24) is 32.7 Å². The molecule has 1 aromatic carbocycles. The van der Waals surface area contributed by atoms with E-state index in [0.29, 0.717) is 23.1 Å². The van der Waals surface area contributed by atoms with E-state index in [4.69, 9.17) is 33.2 Å². The Morgan fingerprint density at radius 3 is 2.73 bits per heavy atom. The van der Waals surface area contributed by atoms with Gasteiger partial charge in [-0.25, -0.2) is 17.6 Å². The Kier molecular flexibility index (Phi) is 6.33. The smallest absolute Gasteiger partial charge is 0.155 e. The normalized spacial score (nSPS) is 11.5. The number of aromatic nitrogens is 6. The van der Waals surface area contributed by atoms with Gasteiger partial charge in [0, 0.05) is 46.9 Å². The van der Waals surface area contributed by atoms with Gasteiger partial charge in [0.1, 0.15) is 12.2 Å². The van der Waals surface area contributed by atoms with Crippen molar-refractivity contribution < 1.29 is 0 Å². The van der Waals surface area contributed by atoms with E-state index < -0.39 is 0 Å². The number of fused-ring (bicyclic) bond motifs is 1. The van der Waals surface area contributed by atoms with Crippen LogP contribution in [0, 0.1) is 6.92 Å². The van der Waals surface area contributed by atoms with Crippen molar-refractivity contribution >= 4 is 51.7 Å². The lowest BCUT2D eigenvalue weighted by molar-refractivity contribution is 0.490. The summed E-state index contributed by atoms with van der Waals surface area (Å²) in [7, 11) is 0. The second-order valence-corrected chi connectivity index (χ2v) is 9.76. The number of imidazole rings is 1. The van der Waals surface area contributed by atoms with Gasteiger partial charge in [-0.2, -0.15) is 5.10 Å². The van der Waals surface area contributed by atoms with Crippen LogP contribution in [0.3, 0.4) is 0 Å². The van der Waals surface area contributed by atoms with Crippen molar-refractivity contribution in [2.24, 2.45) is 0 Å². The van der Waals surface area contributed by atoms with Gasteiger partial charge >= 0.3 is 0 Å². The molecule has 4 heterocycles. The Hall–Kier alpha value is -2.53. The summed E-state index contributed by atoms with van der Waals surface area (Å²) < 4.78 is 3.88. The number of benzene rings is 1. The van der Waals surface area contributed by atoms with Gasteiger partial charge < -0.3 is 4.98 Å². The van der Waals surface area contributed by atoms with Gasteiger partial charge in [0.2, 0.25) is 0 Å². The van der Waals surface area contributed by atoms with Crippen LogP contribution in [0.2, 0.25) is 10.0 Å². The topological polar surface area (TPSA) is 75.0 Å². The number of aryl methyl sites for hydroxylation is 1. The van der Waals surface area contributed by atoms with Crippen LogP contribution in [0.25, 0.3) is 28.3 Å².